The van der Waals surface area contributed by atoms with Gasteiger partial charge in [0.05, 0.1) is 17.7 Å². The Morgan fingerprint density at radius 1 is 1.14 bits per heavy atom. The maximum atomic E-state index is 13.7. The summed E-state index contributed by atoms with van der Waals surface area (Å²) < 4.78 is 46.4. The van der Waals surface area contributed by atoms with E-state index < -0.39 is 15.8 Å². The van der Waals surface area contributed by atoms with Gasteiger partial charge in [-0.3, -0.25) is 4.79 Å². The van der Waals surface area contributed by atoms with Gasteiger partial charge in [0.2, 0.25) is 15.9 Å². The SMILES string of the molecule is COc1ccc(S(=O)(=O)N2CCCCC2)cc1CCC(=O)Nc1ccccc1F. The van der Waals surface area contributed by atoms with Gasteiger partial charge >= 0.3 is 0 Å². The number of carbonyl (C=O) groups is 1. The first kappa shape index (κ1) is 21.3. The second kappa shape index (κ2) is 9.37. The molecule has 0 saturated carbocycles. The second-order valence-electron chi connectivity index (χ2n) is 6.97. The van der Waals surface area contributed by atoms with Gasteiger partial charge in [-0.2, -0.15) is 4.31 Å². The molecule has 1 aliphatic rings. The Labute approximate surface area is 170 Å². The van der Waals surface area contributed by atoms with Crippen molar-refractivity contribution in [2.75, 3.05) is 25.5 Å². The molecule has 8 heteroatoms. The predicted octanol–water partition coefficient (Wildman–Crippen LogP) is 3.58. The van der Waals surface area contributed by atoms with Crippen LogP contribution in [0, 0.1) is 5.82 Å². The van der Waals surface area contributed by atoms with Gasteiger partial charge in [0.1, 0.15) is 11.6 Å². The van der Waals surface area contributed by atoms with Gasteiger partial charge in [0, 0.05) is 19.5 Å². The zero-order valence-electron chi connectivity index (χ0n) is 16.4. The third-order valence-electron chi connectivity index (χ3n) is 4.97. The van der Waals surface area contributed by atoms with E-state index in [1.807, 2.05) is 0 Å². The lowest BCUT2D eigenvalue weighted by Crippen LogP contribution is -2.35. The molecule has 3 rings (SSSR count). The molecule has 1 fully saturated rings. The smallest absolute Gasteiger partial charge is 0.243 e. The number of benzene rings is 2. The van der Waals surface area contributed by atoms with Crippen molar-refractivity contribution in [3.63, 3.8) is 0 Å². The van der Waals surface area contributed by atoms with E-state index in [2.05, 4.69) is 5.32 Å². The van der Waals surface area contributed by atoms with Crippen molar-refractivity contribution in [1.29, 1.82) is 0 Å². The van der Waals surface area contributed by atoms with E-state index >= 15 is 0 Å². The van der Waals surface area contributed by atoms with Crippen molar-refractivity contribution >= 4 is 21.6 Å². The molecule has 0 aliphatic carbocycles. The summed E-state index contributed by atoms with van der Waals surface area (Å²) in [6.45, 7) is 1.05. The fourth-order valence-corrected chi connectivity index (χ4v) is 4.96. The highest BCUT2D eigenvalue weighted by Crippen LogP contribution is 2.27. The molecule has 0 spiro atoms. The Morgan fingerprint density at radius 3 is 2.55 bits per heavy atom. The van der Waals surface area contributed by atoms with Crippen LogP contribution in [-0.2, 0) is 21.2 Å². The van der Waals surface area contributed by atoms with Gasteiger partial charge in [-0.1, -0.05) is 18.6 Å². The summed E-state index contributed by atoms with van der Waals surface area (Å²) in [7, 11) is -2.08. The number of carbonyl (C=O) groups excluding carboxylic acids is 1. The minimum absolute atomic E-state index is 0.0674. The second-order valence-corrected chi connectivity index (χ2v) is 8.90. The molecule has 156 valence electrons. The molecule has 1 heterocycles. The summed E-state index contributed by atoms with van der Waals surface area (Å²) in [5.74, 6) is -0.351. The van der Waals surface area contributed by atoms with Gasteiger partial charge in [-0.25, -0.2) is 12.8 Å². The molecule has 1 saturated heterocycles. The number of methoxy groups -OCH3 is 1. The Kier molecular flexibility index (Phi) is 6.87. The molecule has 1 aliphatic heterocycles. The molecule has 6 nitrogen and oxygen atoms in total. The third kappa shape index (κ3) is 5.13. The summed E-state index contributed by atoms with van der Waals surface area (Å²) >= 11 is 0. The van der Waals surface area contributed by atoms with Gasteiger partial charge in [-0.15, -0.1) is 0 Å². The summed E-state index contributed by atoms with van der Waals surface area (Å²) in [6, 6.07) is 10.7. The summed E-state index contributed by atoms with van der Waals surface area (Å²) in [5, 5.41) is 2.53. The number of sulfonamides is 1. The molecule has 2 aromatic carbocycles. The minimum atomic E-state index is -3.57. The zero-order valence-corrected chi connectivity index (χ0v) is 17.2. The monoisotopic (exact) mass is 420 g/mol. The average Bonchev–Trinajstić information content (AvgIpc) is 2.74. The van der Waals surface area contributed by atoms with E-state index in [0.717, 1.165) is 19.3 Å². The molecule has 2 aromatic rings. The van der Waals surface area contributed by atoms with E-state index in [1.54, 1.807) is 24.3 Å². The molecule has 1 amide bonds. The summed E-state index contributed by atoms with van der Waals surface area (Å²) in [4.78, 5) is 12.4. The Balaban J connectivity index is 1.73. The molecule has 0 aromatic heterocycles. The van der Waals surface area contributed by atoms with Gasteiger partial charge in [-0.05, 0) is 55.2 Å². The first-order valence-electron chi connectivity index (χ1n) is 9.63. The number of aryl methyl sites for hydroxylation is 1. The summed E-state index contributed by atoms with van der Waals surface area (Å²) in [6.07, 6.45) is 3.10. The topological polar surface area (TPSA) is 75.7 Å². The number of rotatable bonds is 7. The fourth-order valence-electron chi connectivity index (χ4n) is 3.39. The van der Waals surface area contributed by atoms with E-state index in [1.165, 1.54) is 29.6 Å². The van der Waals surface area contributed by atoms with Crippen molar-refractivity contribution in [3.05, 3.63) is 53.8 Å². The van der Waals surface area contributed by atoms with Crippen LogP contribution in [0.25, 0.3) is 0 Å². The number of para-hydroxylation sites is 1. The van der Waals surface area contributed by atoms with Crippen LogP contribution >= 0.6 is 0 Å². The molecule has 1 N–H and O–H groups in total. The van der Waals surface area contributed by atoms with E-state index in [0.29, 0.717) is 24.4 Å². The van der Waals surface area contributed by atoms with E-state index in [4.69, 9.17) is 4.74 Å². The largest absolute Gasteiger partial charge is 0.496 e. The molecular weight excluding hydrogens is 395 g/mol. The van der Waals surface area contributed by atoms with E-state index in [9.17, 15) is 17.6 Å². The highest BCUT2D eigenvalue weighted by molar-refractivity contribution is 7.89. The highest BCUT2D eigenvalue weighted by atomic mass is 32.2. The van der Waals surface area contributed by atoms with Gasteiger partial charge < -0.3 is 10.1 Å². The fraction of sp³-hybridized carbons (Fsp3) is 0.381. The lowest BCUT2D eigenvalue weighted by molar-refractivity contribution is -0.116. The number of piperidine rings is 1. The number of hydrogen-bond acceptors (Lipinski definition) is 4. The summed E-state index contributed by atoms with van der Waals surface area (Å²) in [5.41, 5.74) is 0.736. The lowest BCUT2D eigenvalue weighted by Gasteiger charge is -2.26. The lowest BCUT2D eigenvalue weighted by atomic mass is 10.1. The molecule has 0 unspecified atom stereocenters. The zero-order chi connectivity index (χ0) is 20.9. The minimum Gasteiger partial charge on any atom is -0.496 e. The number of nitrogens with zero attached hydrogens (tertiary/aromatic N) is 1. The molecule has 29 heavy (non-hydrogen) atoms. The Bertz CT molecular complexity index is 972. The first-order valence-corrected chi connectivity index (χ1v) is 11.1. The van der Waals surface area contributed by atoms with Crippen molar-refractivity contribution in [2.45, 2.75) is 37.0 Å². The number of ether oxygens (including phenoxy) is 1. The average molecular weight is 421 g/mol. The molecule has 0 atom stereocenters. The van der Waals surface area contributed by atoms with Crippen LogP contribution in [0.2, 0.25) is 0 Å². The van der Waals surface area contributed by atoms with Crippen LogP contribution in [-0.4, -0.2) is 38.8 Å². The normalized spacial score (nSPS) is 15.1. The number of amides is 1. The standard InChI is InChI=1S/C21H25FN2O4S/c1-28-20-11-10-17(29(26,27)24-13-5-2-6-14-24)15-16(20)9-12-21(25)23-19-8-4-3-7-18(19)22/h3-4,7-8,10-11,15H,2,5-6,9,12-14H2,1H3,(H,23,25). The predicted molar refractivity (Wildman–Crippen MR) is 109 cm³/mol. The number of nitrogens with one attached hydrogen (secondary N) is 1. The molecule has 0 radical (unpaired) electrons. The molecule has 0 bridgehead atoms. The van der Waals surface area contributed by atoms with Gasteiger partial charge in [0.25, 0.3) is 0 Å². The van der Waals surface area contributed by atoms with Crippen LogP contribution in [0.5, 0.6) is 5.75 Å². The quantitative estimate of drug-likeness (QED) is 0.743. The van der Waals surface area contributed by atoms with Crippen LogP contribution in [0.15, 0.2) is 47.4 Å². The van der Waals surface area contributed by atoms with Crippen LogP contribution < -0.4 is 10.1 Å². The molecular formula is C21H25FN2O4S. The van der Waals surface area contributed by atoms with Crippen LogP contribution in [0.3, 0.4) is 0 Å². The van der Waals surface area contributed by atoms with Crippen molar-refractivity contribution in [3.8, 4) is 5.75 Å². The van der Waals surface area contributed by atoms with E-state index in [-0.39, 0.29) is 29.3 Å². The van der Waals surface area contributed by atoms with Crippen molar-refractivity contribution < 1.29 is 22.3 Å². The number of anilines is 1. The maximum absolute atomic E-state index is 13.7. The number of halogens is 1. The Morgan fingerprint density at radius 2 is 1.86 bits per heavy atom. The van der Waals surface area contributed by atoms with Gasteiger partial charge in [0.15, 0.2) is 0 Å². The third-order valence-corrected chi connectivity index (χ3v) is 6.87. The van der Waals surface area contributed by atoms with Crippen LogP contribution in [0.4, 0.5) is 10.1 Å². The van der Waals surface area contributed by atoms with Crippen LogP contribution in [0.1, 0.15) is 31.2 Å². The highest BCUT2D eigenvalue weighted by Gasteiger charge is 2.26. The van der Waals surface area contributed by atoms with Crippen molar-refractivity contribution in [1.82, 2.24) is 4.31 Å². The Hall–Kier alpha value is -2.45. The maximum Gasteiger partial charge on any atom is 0.243 e. The van der Waals surface area contributed by atoms with Crippen molar-refractivity contribution in [2.24, 2.45) is 0 Å². The number of hydrogen-bond donors (Lipinski definition) is 1. The first-order chi connectivity index (χ1) is 13.9.